The number of alkyl halides is 1. The van der Waals surface area contributed by atoms with Gasteiger partial charge in [-0.15, -0.1) is 0 Å². The third kappa shape index (κ3) is 11.1. The predicted octanol–water partition coefficient (Wildman–Crippen LogP) is 7.65. The van der Waals surface area contributed by atoms with Crippen LogP contribution < -0.4 is 10.6 Å². The summed E-state index contributed by atoms with van der Waals surface area (Å²) in [4.78, 5) is 46.2. The van der Waals surface area contributed by atoms with E-state index in [1.165, 1.54) is 6.92 Å². The van der Waals surface area contributed by atoms with Crippen LogP contribution in [0.5, 0.6) is 0 Å². The van der Waals surface area contributed by atoms with E-state index >= 15 is 0 Å². The van der Waals surface area contributed by atoms with Crippen molar-refractivity contribution in [3.05, 3.63) is 131 Å². The van der Waals surface area contributed by atoms with Crippen molar-refractivity contribution < 1.29 is 28.7 Å². The summed E-state index contributed by atoms with van der Waals surface area (Å²) in [6, 6.07) is 32.3. The second kappa shape index (κ2) is 16.4. The number of amides is 2. The van der Waals surface area contributed by atoms with Crippen molar-refractivity contribution in [2.24, 2.45) is 0 Å². The highest BCUT2D eigenvalue weighted by Gasteiger charge is 2.08. The van der Waals surface area contributed by atoms with Gasteiger partial charge >= 0.3 is 12.2 Å². The average Bonchev–Trinajstić information content (AvgIpc) is 3.00. The maximum Gasteiger partial charge on any atom is 0.411 e. The number of halogens is 1. The molecule has 4 aromatic carbocycles. The molecule has 8 nitrogen and oxygen atoms in total. The minimum Gasteiger partial charge on any atom is -0.444 e. The molecule has 0 saturated heterocycles. The summed E-state index contributed by atoms with van der Waals surface area (Å²) < 4.78 is 10.2. The van der Waals surface area contributed by atoms with Crippen LogP contribution in [0.2, 0.25) is 0 Å². The van der Waals surface area contributed by atoms with Gasteiger partial charge in [0, 0.05) is 22.5 Å². The fraction of sp³-hybridized carbons (Fsp3) is 0.125. The van der Waals surface area contributed by atoms with Gasteiger partial charge in [-0.2, -0.15) is 0 Å². The second-order valence-corrected chi connectivity index (χ2v) is 9.21. The van der Waals surface area contributed by atoms with Crippen molar-refractivity contribution >= 4 is 51.1 Å². The van der Waals surface area contributed by atoms with Crippen molar-refractivity contribution in [3.8, 4) is 0 Å². The van der Waals surface area contributed by atoms with E-state index in [4.69, 9.17) is 9.47 Å². The minimum absolute atomic E-state index is 0.0451. The number of hydrogen-bond acceptors (Lipinski definition) is 6. The molecule has 4 aromatic rings. The molecule has 0 aromatic heterocycles. The molecule has 0 aliphatic carbocycles. The van der Waals surface area contributed by atoms with Gasteiger partial charge in [-0.05, 0) is 42.3 Å². The molecule has 0 aliphatic heterocycles. The van der Waals surface area contributed by atoms with Gasteiger partial charge in [0.25, 0.3) is 0 Å². The van der Waals surface area contributed by atoms with Crippen molar-refractivity contribution in [2.45, 2.75) is 20.1 Å². The van der Waals surface area contributed by atoms with Crippen LogP contribution in [-0.2, 0) is 22.7 Å². The molecule has 2 amide bonds. The number of benzene rings is 4. The lowest BCUT2D eigenvalue weighted by Gasteiger charge is -2.08. The molecule has 0 spiro atoms. The number of hydrogen-bond donors (Lipinski definition) is 2. The molecule has 0 unspecified atom stereocenters. The molecule has 210 valence electrons. The maximum absolute atomic E-state index is 11.7. The van der Waals surface area contributed by atoms with E-state index in [0.717, 1.165) is 11.1 Å². The highest BCUT2D eigenvalue weighted by molar-refractivity contribution is 9.09. The summed E-state index contributed by atoms with van der Waals surface area (Å²) in [6.45, 7) is 1.89. The molecule has 4 rings (SSSR count). The first-order valence-electron chi connectivity index (χ1n) is 12.6. The number of rotatable bonds is 9. The highest BCUT2D eigenvalue weighted by atomic mass is 79.9. The summed E-state index contributed by atoms with van der Waals surface area (Å²) in [5.74, 6) is -0.0948. The lowest BCUT2D eigenvalue weighted by Crippen LogP contribution is -2.14. The quantitative estimate of drug-likeness (QED) is 0.148. The summed E-state index contributed by atoms with van der Waals surface area (Å²) >= 11 is 3.12. The molecule has 0 aliphatic rings. The van der Waals surface area contributed by atoms with Gasteiger partial charge in [0.05, 0.1) is 5.33 Å². The van der Waals surface area contributed by atoms with E-state index in [1.54, 1.807) is 48.5 Å². The van der Waals surface area contributed by atoms with E-state index < -0.39 is 12.2 Å². The smallest absolute Gasteiger partial charge is 0.411 e. The largest absolute Gasteiger partial charge is 0.444 e. The van der Waals surface area contributed by atoms with Gasteiger partial charge in [-0.1, -0.05) is 101 Å². The van der Waals surface area contributed by atoms with Crippen molar-refractivity contribution in [2.75, 3.05) is 16.0 Å². The summed E-state index contributed by atoms with van der Waals surface area (Å²) in [6.07, 6.45) is -1.10. The Bertz CT molecular complexity index is 1460. The number of carbonyl (C=O) groups is 4. The van der Waals surface area contributed by atoms with E-state index in [1.807, 2.05) is 60.7 Å². The van der Waals surface area contributed by atoms with E-state index in [9.17, 15) is 19.2 Å². The lowest BCUT2D eigenvalue weighted by atomic mass is 10.1. The van der Waals surface area contributed by atoms with Gasteiger partial charge in [-0.25, -0.2) is 9.59 Å². The van der Waals surface area contributed by atoms with E-state index in [0.29, 0.717) is 22.5 Å². The Hall–Kier alpha value is -4.76. The Morgan fingerprint density at radius 1 is 0.610 bits per heavy atom. The fourth-order valence-electron chi connectivity index (χ4n) is 3.42. The second-order valence-electron chi connectivity index (χ2n) is 8.65. The summed E-state index contributed by atoms with van der Waals surface area (Å²) in [5.41, 5.74) is 3.98. The highest BCUT2D eigenvalue weighted by Crippen LogP contribution is 2.14. The first-order chi connectivity index (χ1) is 19.8. The van der Waals surface area contributed by atoms with Crippen molar-refractivity contribution in [1.82, 2.24) is 0 Å². The standard InChI is InChI=1S/C16H14BrNO3.C16H15NO3/c17-10-15(19)13-7-4-8-14(9-13)18-16(20)21-11-12-5-2-1-3-6-12;1-12(18)14-8-5-9-15(10-14)17-16(19)20-11-13-6-3-2-4-7-13/h1-9H,10-11H2,(H,18,20);2-10H,11H2,1H3,(H,17,19). The Morgan fingerprint density at radius 2 is 1.05 bits per heavy atom. The number of carbonyl (C=O) groups excluding carboxylic acids is 4. The number of anilines is 2. The minimum atomic E-state index is -0.553. The first kappa shape index (κ1) is 30.8. The molecule has 0 heterocycles. The summed E-state index contributed by atoms with van der Waals surface area (Å²) in [5, 5.41) is 5.44. The SMILES string of the molecule is CC(=O)c1cccc(NC(=O)OCc2ccccc2)c1.O=C(Nc1cccc(C(=O)CBr)c1)OCc1ccccc1. The molecule has 0 radical (unpaired) electrons. The van der Waals surface area contributed by atoms with Crippen LogP contribution in [0.1, 0.15) is 38.8 Å². The topological polar surface area (TPSA) is 111 Å². The Kier molecular flexibility index (Phi) is 12.3. The van der Waals surface area contributed by atoms with Gasteiger partial charge in [0.2, 0.25) is 0 Å². The van der Waals surface area contributed by atoms with Gasteiger partial charge in [-0.3, -0.25) is 20.2 Å². The van der Waals surface area contributed by atoms with Crippen LogP contribution in [0.3, 0.4) is 0 Å². The molecule has 0 fully saturated rings. The van der Waals surface area contributed by atoms with E-state index in [2.05, 4.69) is 26.6 Å². The third-order valence-corrected chi connectivity index (χ3v) is 6.00. The molecular weight excluding hydrogens is 588 g/mol. The molecular formula is C32H29BrN2O6. The lowest BCUT2D eigenvalue weighted by molar-refractivity contribution is 0.101. The molecule has 9 heteroatoms. The summed E-state index contributed by atoms with van der Waals surface area (Å²) in [7, 11) is 0. The van der Waals surface area contributed by atoms with Crippen molar-refractivity contribution in [3.63, 3.8) is 0 Å². The molecule has 0 atom stereocenters. The fourth-order valence-corrected chi connectivity index (χ4v) is 3.74. The zero-order valence-electron chi connectivity index (χ0n) is 22.3. The normalized spacial score (nSPS) is 9.90. The zero-order chi connectivity index (χ0) is 29.5. The van der Waals surface area contributed by atoms with E-state index in [-0.39, 0.29) is 30.1 Å². The Morgan fingerprint density at radius 3 is 1.49 bits per heavy atom. The number of Topliss-reactive ketones (excluding diaryl/α,β-unsaturated/α-hetero) is 2. The van der Waals surface area contributed by atoms with Crippen LogP contribution in [-0.4, -0.2) is 29.1 Å². The zero-order valence-corrected chi connectivity index (χ0v) is 23.9. The van der Waals surface area contributed by atoms with Crippen LogP contribution in [0, 0.1) is 0 Å². The molecule has 41 heavy (non-hydrogen) atoms. The van der Waals surface area contributed by atoms with Crippen LogP contribution in [0.25, 0.3) is 0 Å². The number of nitrogens with one attached hydrogen (secondary N) is 2. The monoisotopic (exact) mass is 616 g/mol. The van der Waals surface area contributed by atoms with Crippen molar-refractivity contribution in [1.29, 1.82) is 0 Å². The van der Waals surface area contributed by atoms with Gasteiger partial charge in [0.15, 0.2) is 11.6 Å². The molecule has 0 bridgehead atoms. The average molecular weight is 617 g/mol. The first-order valence-corrected chi connectivity index (χ1v) is 13.7. The van der Waals surface area contributed by atoms with Crippen LogP contribution in [0.4, 0.5) is 21.0 Å². The van der Waals surface area contributed by atoms with Gasteiger partial charge < -0.3 is 9.47 Å². The Labute approximate surface area is 246 Å². The van der Waals surface area contributed by atoms with Crippen LogP contribution >= 0.6 is 15.9 Å². The maximum atomic E-state index is 11.7. The molecule has 0 saturated carbocycles. The Balaban J connectivity index is 0.000000226. The number of ether oxygens (including phenoxy) is 2. The third-order valence-electron chi connectivity index (χ3n) is 5.49. The predicted molar refractivity (Wildman–Crippen MR) is 162 cm³/mol. The number of ketones is 2. The van der Waals surface area contributed by atoms with Crippen LogP contribution in [0.15, 0.2) is 109 Å². The molecule has 2 N–H and O–H groups in total. The van der Waals surface area contributed by atoms with Gasteiger partial charge in [0.1, 0.15) is 13.2 Å².